The summed E-state index contributed by atoms with van der Waals surface area (Å²) >= 11 is 1.72. The van der Waals surface area contributed by atoms with Crippen molar-refractivity contribution < 1.29 is 4.42 Å². The van der Waals surface area contributed by atoms with E-state index in [1.165, 1.54) is 10.6 Å². The fourth-order valence-corrected chi connectivity index (χ4v) is 2.89. The highest BCUT2D eigenvalue weighted by Crippen LogP contribution is 2.25. The van der Waals surface area contributed by atoms with Gasteiger partial charge in [-0.25, -0.2) is 4.98 Å². The summed E-state index contributed by atoms with van der Waals surface area (Å²) in [4.78, 5) is 5.64. The van der Waals surface area contributed by atoms with Crippen LogP contribution in [0.1, 0.15) is 10.8 Å². The topological polar surface area (TPSA) is 43.0 Å². The minimum absolute atomic E-state index is 0.728. The zero-order valence-electron chi connectivity index (χ0n) is 10.7. The number of hydrogen-bond acceptors (Lipinski definition) is 4. The van der Waals surface area contributed by atoms with Gasteiger partial charge in [-0.05, 0) is 24.3 Å². The first-order valence-electron chi connectivity index (χ1n) is 6.12. The minimum atomic E-state index is 0.728. The van der Waals surface area contributed by atoms with E-state index in [0.717, 1.165) is 23.9 Å². The largest absolute Gasteiger partial charge is 0.468 e. The van der Waals surface area contributed by atoms with Crippen molar-refractivity contribution in [3.8, 4) is 10.6 Å². The third kappa shape index (κ3) is 2.77. The van der Waals surface area contributed by atoms with Crippen LogP contribution in [0.15, 0.2) is 47.3 Å². The Labute approximate surface area is 115 Å². The van der Waals surface area contributed by atoms with Gasteiger partial charge in [0.1, 0.15) is 10.8 Å². The summed E-state index contributed by atoms with van der Waals surface area (Å²) < 4.78 is 7.37. The first-order valence-corrected chi connectivity index (χ1v) is 6.94. The monoisotopic (exact) mass is 273 g/mol. The Balaban J connectivity index is 1.61. The molecule has 3 aromatic heterocycles. The molecule has 0 aromatic carbocycles. The number of furan rings is 1. The molecule has 0 saturated heterocycles. The van der Waals surface area contributed by atoms with Crippen LogP contribution in [0.2, 0.25) is 0 Å². The SMILES string of the molecule is Cn1cccc1-c1cnc(CNCc2ccco2)s1. The zero-order chi connectivity index (χ0) is 13.1. The molecule has 0 saturated carbocycles. The van der Waals surface area contributed by atoms with Crippen LogP contribution in [0.25, 0.3) is 10.6 Å². The van der Waals surface area contributed by atoms with Crippen LogP contribution in [0.5, 0.6) is 0 Å². The van der Waals surface area contributed by atoms with Gasteiger partial charge in [0.15, 0.2) is 0 Å². The lowest BCUT2D eigenvalue weighted by molar-refractivity contribution is 0.483. The lowest BCUT2D eigenvalue weighted by Gasteiger charge is -1.99. The number of rotatable bonds is 5. The predicted octanol–water partition coefficient (Wildman–Crippen LogP) is 3.03. The standard InChI is InChI=1S/C14H15N3OS/c1-17-6-2-5-12(17)13-9-16-14(19-13)10-15-8-11-4-3-7-18-11/h2-7,9,15H,8,10H2,1H3. The van der Waals surface area contributed by atoms with Gasteiger partial charge in [-0.3, -0.25) is 0 Å². The molecule has 19 heavy (non-hydrogen) atoms. The van der Waals surface area contributed by atoms with E-state index >= 15 is 0 Å². The lowest BCUT2D eigenvalue weighted by Crippen LogP contribution is -2.11. The molecule has 0 spiro atoms. The maximum atomic E-state index is 5.27. The maximum absolute atomic E-state index is 5.27. The van der Waals surface area contributed by atoms with Crippen molar-refractivity contribution >= 4 is 11.3 Å². The van der Waals surface area contributed by atoms with Gasteiger partial charge in [0.05, 0.1) is 23.4 Å². The van der Waals surface area contributed by atoms with Gasteiger partial charge in [-0.15, -0.1) is 11.3 Å². The van der Waals surface area contributed by atoms with E-state index in [9.17, 15) is 0 Å². The van der Waals surface area contributed by atoms with Gasteiger partial charge in [0.2, 0.25) is 0 Å². The summed E-state index contributed by atoms with van der Waals surface area (Å²) in [5.74, 6) is 0.944. The summed E-state index contributed by atoms with van der Waals surface area (Å²) in [5.41, 5.74) is 1.20. The second-order valence-corrected chi connectivity index (χ2v) is 5.42. The second-order valence-electron chi connectivity index (χ2n) is 4.31. The van der Waals surface area contributed by atoms with Gasteiger partial charge in [0, 0.05) is 26.0 Å². The van der Waals surface area contributed by atoms with Crippen LogP contribution >= 0.6 is 11.3 Å². The van der Waals surface area contributed by atoms with Gasteiger partial charge < -0.3 is 14.3 Å². The Morgan fingerprint density at radius 1 is 1.32 bits per heavy atom. The Hall–Kier alpha value is -1.85. The predicted molar refractivity (Wildman–Crippen MR) is 75.8 cm³/mol. The summed E-state index contributed by atoms with van der Waals surface area (Å²) in [6, 6.07) is 8.01. The Kier molecular flexibility index (Phi) is 3.48. The third-order valence-corrected chi connectivity index (χ3v) is 3.93. The Bertz CT molecular complexity index is 639. The quantitative estimate of drug-likeness (QED) is 0.777. The molecular formula is C14H15N3OS. The van der Waals surface area contributed by atoms with Gasteiger partial charge >= 0.3 is 0 Å². The van der Waals surface area contributed by atoms with E-state index in [1.807, 2.05) is 37.6 Å². The summed E-state index contributed by atoms with van der Waals surface area (Å²) in [6.45, 7) is 1.49. The smallest absolute Gasteiger partial charge is 0.117 e. The first-order chi connectivity index (χ1) is 9.33. The van der Waals surface area contributed by atoms with E-state index in [2.05, 4.69) is 20.9 Å². The highest BCUT2D eigenvalue weighted by Gasteiger charge is 2.06. The normalized spacial score (nSPS) is 11.0. The number of hydrogen-bond donors (Lipinski definition) is 1. The maximum Gasteiger partial charge on any atom is 0.117 e. The Morgan fingerprint density at radius 3 is 3.00 bits per heavy atom. The zero-order valence-corrected chi connectivity index (χ0v) is 11.5. The number of nitrogens with one attached hydrogen (secondary N) is 1. The van der Waals surface area contributed by atoms with E-state index < -0.39 is 0 Å². The fraction of sp³-hybridized carbons (Fsp3) is 0.214. The van der Waals surface area contributed by atoms with Crippen molar-refractivity contribution in [1.82, 2.24) is 14.9 Å². The number of thiazole rings is 1. The van der Waals surface area contributed by atoms with Crippen molar-refractivity contribution in [2.75, 3.05) is 0 Å². The molecule has 0 radical (unpaired) electrons. The minimum Gasteiger partial charge on any atom is -0.468 e. The number of aromatic nitrogens is 2. The Morgan fingerprint density at radius 2 is 2.26 bits per heavy atom. The molecule has 0 unspecified atom stereocenters. The van der Waals surface area contributed by atoms with E-state index in [0.29, 0.717) is 0 Å². The molecule has 3 aromatic rings. The van der Waals surface area contributed by atoms with E-state index in [-0.39, 0.29) is 0 Å². The van der Waals surface area contributed by atoms with Crippen molar-refractivity contribution in [2.45, 2.75) is 13.1 Å². The molecule has 0 aliphatic rings. The molecule has 4 nitrogen and oxygen atoms in total. The molecule has 0 bridgehead atoms. The molecule has 3 rings (SSSR count). The molecule has 0 aliphatic heterocycles. The van der Waals surface area contributed by atoms with Crippen LogP contribution in [0.3, 0.4) is 0 Å². The molecule has 0 aliphatic carbocycles. The average Bonchev–Trinajstić information content (AvgIpc) is 3.10. The van der Waals surface area contributed by atoms with Crippen LogP contribution < -0.4 is 5.32 Å². The number of aryl methyl sites for hydroxylation is 1. The van der Waals surface area contributed by atoms with Crippen LogP contribution in [-0.4, -0.2) is 9.55 Å². The highest BCUT2D eigenvalue weighted by atomic mass is 32.1. The second kappa shape index (κ2) is 5.42. The van der Waals surface area contributed by atoms with Crippen molar-refractivity contribution in [3.05, 3.63) is 53.7 Å². The van der Waals surface area contributed by atoms with Crippen LogP contribution in [0.4, 0.5) is 0 Å². The molecule has 0 fully saturated rings. The average molecular weight is 273 g/mol. The fourth-order valence-electron chi connectivity index (χ4n) is 1.93. The van der Waals surface area contributed by atoms with E-state index in [1.54, 1.807) is 17.6 Å². The molecule has 0 atom stereocenters. The summed E-state index contributed by atoms with van der Waals surface area (Å²) in [5, 5.41) is 4.41. The van der Waals surface area contributed by atoms with Gasteiger partial charge in [0.25, 0.3) is 0 Å². The lowest BCUT2D eigenvalue weighted by atomic mass is 10.4. The van der Waals surface area contributed by atoms with Gasteiger partial charge in [-0.2, -0.15) is 0 Å². The molecule has 0 amide bonds. The summed E-state index contributed by atoms with van der Waals surface area (Å²) in [6.07, 6.45) is 5.67. The molecule has 5 heteroatoms. The third-order valence-electron chi connectivity index (χ3n) is 2.91. The highest BCUT2D eigenvalue weighted by molar-refractivity contribution is 7.15. The summed E-state index contributed by atoms with van der Waals surface area (Å²) in [7, 11) is 2.05. The first kappa shape index (κ1) is 12.2. The van der Waals surface area contributed by atoms with Crippen molar-refractivity contribution in [2.24, 2.45) is 7.05 Å². The molecule has 1 N–H and O–H groups in total. The van der Waals surface area contributed by atoms with Crippen molar-refractivity contribution in [3.63, 3.8) is 0 Å². The van der Waals surface area contributed by atoms with Crippen molar-refractivity contribution in [1.29, 1.82) is 0 Å². The van der Waals surface area contributed by atoms with Crippen LogP contribution in [0, 0.1) is 0 Å². The number of nitrogens with zero attached hydrogens (tertiary/aromatic N) is 2. The molecular weight excluding hydrogens is 258 g/mol. The van der Waals surface area contributed by atoms with E-state index in [4.69, 9.17) is 4.42 Å². The molecule has 98 valence electrons. The van der Waals surface area contributed by atoms with Gasteiger partial charge in [-0.1, -0.05) is 0 Å². The molecule has 3 heterocycles. The van der Waals surface area contributed by atoms with Crippen LogP contribution in [-0.2, 0) is 20.1 Å².